The molecule has 3 atom stereocenters. The Bertz CT molecular complexity index is 903. The number of hydrogen-bond donors (Lipinski definition) is 3. The van der Waals surface area contributed by atoms with E-state index < -0.39 is 0 Å². The van der Waals surface area contributed by atoms with Crippen LogP contribution >= 0.6 is 11.3 Å². The molecule has 2 aromatic heterocycles. The third-order valence-corrected chi connectivity index (χ3v) is 7.06. The van der Waals surface area contributed by atoms with Crippen LogP contribution in [0.15, 0.2) is 4.79 Å². The predicted molar refractivity (Wildman–Crippen MR) is 108 cm³/mol. The Hall–Kier alpha value is -1.73. The van der Waals surface area contributed by atoms with E-state index >= 15 is 0 Å². The Morgan fingerprint density at radius 2 is 2.19 bits per heavy atom. The van der Waals surface area contributed by atoms with E-state index in [0.717, 1.165) is 48.9 Å². The molecule has 1 aliphatic carbocycles. The predicted octanol–water partition coefficient (Wildman–Crippen LogP) is 2.30. The van der Waals surface area contributed by atoms with Gasteiger partial charge in [0.05, 0.1) is 5.39 Å². The van der Waals surface area contributed by atoms with Gasteiger partial charge in [0.1, 0.15) is 10.7 Å². The van der Waals surface area contributed by atoms with Crippen LogP contribution in [0.25, 0.3) is 10.2 Å². The highest BCUT2D eigenvalue weighted by molar-refractivity contribution is 7.18. The molecule has 3 unspecified atom stereocenters. The molecule has 2 aromatic rings. The second-order valence-corrected chi connectivity index (χ2v) is 9.19. The highest BCUT2D eigenvalue weighted by Crippen LogP contribution is 2.35. The van der Waals surface area contributed by atoms with Crippen LogP contribution < -0.4 is 16.2 Å². The summed E-state index contributed by atoms with van der Waals surface area (Å²) in [5, 5.41) is 7.28. The van der Waals surface area contributed by atoms with Gasteiger partial charge in [0.25, 0.3) is 5.56 Å². The third-order valence-electron chi connectivity index (χ3n) is 5.91. The van der Waals surface area contributed by atoms with Crippen molar-refractivity contribution in [3.63, 3.8) is 0 Å². The molecule has 0 radical (unpaired) electrons. The minimum absolute atomic E-state index is 0.0256. The molecule has 6 nitrogen and oxygen atoms in total. The zero-order valence-electron chi connectivity index (χ0n) is 16.1. The van der Waals surface area contributed by atoms with Gasteiger partial charge in [-0.05, 0) is 57.1 Å². The number of thiophene rings is 1. The van der Waals surface area contributed by atoms with Crippen LogP contribution in [0.2, 0.25) is 0 Å². The molecule has 3 heterocycles. The summed E-state index contributed by atoms with van der Waals surface area (Å²) >= 11 is 1.65. The van der Waals surface area contributed by atoms with E-state index in [4.69, 9.17) is 0 Å². The number of fused-ring (bicyclic) bond motifs is 3. The van der Waals surface area contributed by atoms with Crippen LogP contribution in [0, 0.1) is 5.92 Å². The number of nitrogens with one attached hydrogen (secondary N) is 3. The third kappa shape index (κ3) is 3.94. The van der Waals surface area contributed by atoms with Gasteiger partial charge in [0.2, 0.25) is 5.91 Å². The molecule has 7 heteroatoms. The topological polar surface area (TPSA) is 86.9 Å². The minimum atomic E-state index is -0.0486. The molecule has 0 spiro atoms. The summed E-state index contributed by atoms with van der Waals surface area (Å²) in [7, 11) is 0. The molecule has 0 aromatic carbocycles. The standard InChI is InChI=1S/C20H28N4O2S/c1-11-5-6-13-15(10-11)27-20-18(13)19(26)23-16(24-20)7-8-17(25)22-14-4-3-9-21-12(14)2/h11-12,14,21H,3-10H2,1-2H3,(H,22,25)(H,23,24,26). The highest BCUT2D eigenvalue weighted by Gasteiger charge is 2.24. The maximum absolute atomic E-state index is 12.6. The molecule has 3 N–H and O–H groups in total. The quantitative estimate of drug-likeness (QED) is 0.750. The number of piperidine rings is 1. The first-order valence-electron chi connectivity index (χ1n) is 10.1. The van der Waals surface area contributed by atoms with Crippen molar-refractivity contribution in [2.45, 2.75) is 70.9 Å². The number of H-pyrrole nitrogens is 1. The molecular weight excluding hydrogens is 360 g/mol. The summed E-state index contributed by atoms with van der Waals surface area (Å²) in [6, 6.07) is 0.489. The number of amides is 1. The lowest BCUT2D eigenvalue weighted by atomic mass is 9.89. The molecule has 1 fully saturated rings. The van der Waals surface area contributed by atoms with E-state index in [1.807, 2.05) is 0 Å². The van der Waals surface area contributed by atoms with Crippen molar-refractivity contribution in [3.8, 4) is 0 Å². The first-order valence-corrected chi connectivity index (χ1v) is 10.9. The molecular formula is C20H28N4O2S. The van der Waals surface area contributed by atoms with Gasteiger partial charge in [-0.1, -0.05) is 6.92 Å². The molecule has 27 heavy (non-hydrogen) atoms. The Balaban J connectivity index is 1.45. The smallest absolute Gasteiger partial charge is 0.259 e. The van der Waals surface area contributed by atoms with Gasteiger partial charge in [-0.25, -0.2) is 4.98 Å². The number of carbonyl (C=O) groups is 1. The van der Waals surface area contributed by atoms with E-state index in [-0.39, 0.29) is 17.5 Å². The van der Waals surface area contributed by atoms with E-state index in [0.29, 0.717) is 30.6 Å². The Morgan fingerprint density at radius 3 is 3.00 bits per heavy atom. The number of rotatable bonds is 4. The largest absolute Gasteiger partial charge is 0.352 e. The Morgan fingerprint density at radius 1 is 1.33 bits per heavy atom. The van der Waals surface area contributed by atoms with Gasteiger partial charge in [-0.2, -0.15) is 0 Å². The van der Waals surface area contributed by atoms with Gasteiger partial charge in [-0.3, -0.25) is 9.59 Å². The van der Waals surface area contributed by atoms with E-state index in [2.05, 4.69) is 34.4 Å². The van der Waals surface area contributed by atoms with Crippen molar-refractivity contribution in [2.24, 2.45) is 5.92 Å². The SMILES string of the molecule is CC1CCc2c(sc3nc(CCC(=O)NC4CCCNC4C)[nH]c(=O)c23)C1. The Kier molecular flexibility index (Phi) is 5.32. The first-order chi connectivity index (χ1) is 13.0. The van der Waals surface area contributed by atoms with Crippen molar-refractivity contribution < 1.29 is 4.79 Å². The second-order valence-electron chi connectivity index (χ2n) is 8.10. The van der Waals surface area contributed by atoms with Crippen LogP contribution in [-0.2, 0) is 24.1 Å². The molecule has 0 bridgehead atoms. The maximum atomic E-state index is 12.6. The van der Waals surface area contributed by atoms with Crippen LogP contribution in [0.5, 0.6) is 0 Å². The van der Waals surface area contributed by atoms with E-state index in [1.165, 1.54) is 10.4 Å². The molecule has 2 aliphatic rings. The average molecular weight is 389 g/mol. The van der Waals surface area contributed by atoms with Crippen LogP contribution in [0.3, 0.4) is 0 Å². The van der Waals surface area contributed by atoms with Gasteiger partial charge in [-0.15, -0.1) is 11.3 Å². The molecule has 1 saturated heterocycles. The molecule has 0 saturated carbocycles. The lowest BCUT2D eigenvalue weighted by Gasteiger charge is -2.30. The summed E-state index contributed by atoms with van der Waals surface area (Å²) in [4.78, 5) is 34.7. The van der Waals surface area contributed by atoms with E-state index in [9.17, 15) is 9.59 Å². The summed E-state index contributed by atoms with van der Waals surface area (Å²) in [6.45, 7) is 5.39. The van der Waals surface area contributed by atoms with Crippen molar-refractivity contribution in [1.29, 1.82) is 0 Å². The minimum Gasteiger partial charge on any atom is -0.352 e. The summed E-state index contributed by atoms with van der Waals surface area (Å²) in [6.07, 6.45) is 6.05. The molecule has 146 valence electrons. The number of carbonyl (C=O) groups excluding carboxylic acids is 1. The van der Waals surface area contributed by atoms with Gasteiger partial charge >= 0.3 is 0 Å². The summed E-state index contributed by atoms with van der Waals surface area (Å²) in [5.41, 5.74) is 1.15. The highest BCUT2D eigenvalue weighted by atomic mass is 32.1. The molecule has 4 rings (SSSR count). The van der Waals surface area contributed by atoms with Crippen molar-refractivity contribution >= 4 is 27.5 Å². The van der Waals surface area contributed by atoms with E-state index in [1.54, 1.807) is 11.3 Å². The van der Waals surface area contributed by atoms with Crippen LogP contribution in [0.1, 0.15) is 55.8 Å². The maximum Gasteiger partial charge on any atom is 0.259 e. The zero-order valence-corrected chi connectivity index (χ0v) is 16.9. The lowest BCUT2D eigenvalue weighted by Crippen LogP contribution is -2.51. The fraction of sp³-hybridized carbons (Fsp3) is 0.650. The number of nitrogens with zero attached hydrogens (tertiary/aromatic N) is 1. The monoisotopic (exact) mass is 388 g/mol. The second kappa shape index (κ2) is 7.72. The van der Waals surface area contributed by atoms with Gasteiger partial charge in [0.15, 0.2) is 0 Å². The van der Waals surface area contributed by atoms with Crippen molar-refractivity contribution in [1.82, 2.24) is 20.6 Å². The van der Waals surface area contributed by atoms with Crippen LogP contribution in [-0.4, -0.2) is 34.5 Å². The fourth-order valence-electron chi connectivity index (χ4n) is 4.26. The number of hydrogen-bond acceptors (Lipinski definition) is 5. The number of aromatic nitrogens is 2. The van der Waals surface area contributed by atoms with Crippen molar-refractivity contribution in [3.05, 3.63) is 26.6 Å². The number of aryl methyl sites for hydroxylation is 2. The van der Waals surface area contributed by atoms with Gasteiger partial charge < -0.3 is 15.6 Å². The molecule has 1 amide bonds. The first kappa shape index (κ1) is 18.6. The van der Waals surface area contributed by atoms with Crippen LogP contribution in [0.4, 0.5) is 0 Å². The number of aromatic amines is 1. The fourth-order valence-corrected chi connectivity index (χ4v) is 5.67. The Labute approximate surface area is 163 Å². The normalized spacial score (nSPS) is 25.3. The zero-order chi connectivity index (χ0) is 19.0. The lowest BCUT2D eigenvalue weighted by molar-refractivity contribution is -0.122. The summed E-state index contributed by atoms with van der Waals surface area (Å²) in [5.74, 6) is 1.31. The van der Waals surface area contributed by atoms with Crippen molar-refractivity contribution in [2.75, 3.05) is 6.54 Å². The summed E-state index contributed by atoms with van der Waals surface area (Å²) < 4.78 is 0. The molecule has 1 aliphatic heterocycles. The van der Waals surface area contributed by atoms with Gasteiger partial charge in [0, 0.05) is 29.8 Å². The average Bonchev–Trinajstić information content (AvgIpc) is 2.99.